The summed E-state index contributed by atoms with van der Waals surface area (Å²) in [5.74, 6) is -0.00748. The number of anilines is 1. The maximum absolute atomic E-state index is 14.1. The van der Waals surface area contributed by atoms with Crippen molar-refractivity contribution >= 4 is 5.82 Å². The first-order valence-electron chi connectivity index (χ1n) is 6.17. The minimum atomic E-state index is -0.317. The molecule has 2 N–H and O–H groups in total. The van der Waals surface area contributed by atoms with Crippen LogP contribution in [0.25, 0.3) is 22.3 Å². The summed E-state index contributed by atoms with van der Waals surface area (Å²) in [6.45, 7) is 0. The molecule has 0 bridgehead atoms. The third-order valence-electron chi connectivity index (χ3n) is 3.11. The fourth-order valence-corrected chi connectivity index (χ4v) is 2.20. The number of nitrogens with two attached hydrogens (primary N) is 1. The zero-order valence-electron chi connectivity index (χ0n) is 10.6. The first kappa shape index (κ1) is 12.3. The Kier molecular flexibility index (Phi) is 3.13. The maximum Gasteiger partial charge on any atom is 0.131 e. The van der Waals surface area contributed by atoms with Crippen LogP contribution in [-0.2, 0) is 0 Å². The van der Waals surface area contributed by atoms with Crippen molar-refractivity contribution in [3.63, 3.8) is 0 Å². The highest BCUT2D eigenvalue weighted by atomic mass is 19.1. The molecule has 0 saturated carbocycles. The highest BCUT2D eigenvalue weighted by molar-refractivity contribution is 5.89. The number of pyridine rings is 2. The molecule has 0 radical (unpaired) electrons. The van der Waals surface area contributed by atoms with Gasteiger partial charge in [-0.1, -0.05) is 18.2 Å². The van der Waals surface area contributed by atoms with Gasteiger partial charge in [0.05, 0.1) is 0 Å². The van der Waals surface area contributed by atoms with Crippen LogP contribution < -0.4 is 5.73 Å². The summed E-state index contributed by atoms with van der Waals surface area (Å²) < 4.78 is 14.1. The Balaban J connectivity index is 2.29. The largest absolute Gasteiger partial charge is 0.383 e. The van der Waals surface area contributed by atoms with Gasteiger partial charge in [-0.15, -0.1) is 0 Å². The van der Waals surface area contributed by atoms with Crippen LogP contribution in [0, 0.1) is 5.82 Å². The summed E-state index contributed by atoms with van der Waals surface area (Å²) in [4.78, 5) is 8.07. The fraction of sp³-hybridized carbons (Fsp3) is 0. The number of rotatable bonds is 2. The third kappa shape index (κ3) is 2.12. The van der Waals surface area contributed by atoms with Crippen LogP contribution in [0.1, 0.15) is 0 Å². The van der Waals surface area contributed by atoms with E-state index in [0.717, 1.165) is 11.1 Å². The second-order valence-corrected chi connectivity index (χ2v) is 4.33. The van der Waals surface area contributed by atoms with E-state index < -0.39 is 0 Å². The van der Waals surface area contributed by atoms with Crippen molar-refractivity contribution in [1.82, 2.24) is 9.97 Å². The molecule has 98 valence electrons. The minimum absolute atomic E-state index is 0.310. The molecular weight excluding hydrogens is 253 g/mol. The van der Waals surface area contributed by atoms with E-state index >= 15 is 0 Å². The van der Waals surface area contributed by atoms with Crippen LogP contribution in [0.3, 0.4) is 0 Å². The van der Waals surface area contributed by atoms with Crippen LogP contribution in [-0.4, -0.2) is 9.97 Å². The van der Waals surface area contributed by atoms with Gasteiger partial charge in [0.2, 0.25) is 0 Å². The van der Waals surface area contributed by atoms with Gasteiger partial charge >= 0.3 is 0 Å². The van der Waals surface area contributed by atoms with E-state index in [9.17, 15) is 4.39 Å². The number of benzene rings is 1. The van der Waals surface area contributed by atoms with Crippen molar-refractivity contribution in [1.29, 1.82) is 0 Å². The van der Waals surface area contributed by atoms with Gasteiger partial charge in [0, 0.05) is 29.7 Å². The van der Waals surface area contributed by atoms with Gasteiger partial charge in [-0.2, -0.15) is 0 Å². The Morgan fingerprint density at radius 2 is 1.60 bits per heavy atom. The molecule has 0 unspecified atom stereocenters. The normalized spacial score (nSPS) is 10.4. The topological polar surface area (TPSA) is 51.8 Å². The van der Waals surface area contributed by atoms with Crippen LogP contribution in [0.2, 0.25) is 0 Å². The van der Waals surface area contributed by atoms with Crippen LogP contribution in [0.4, 0.5) is 10.2 Å². The molecule has 2 aromatic heterocycles. The summed E-state index contributed by atoms with van der Waals surface area (Å²) in [6, 6.07) is 12.1. The Bertz CT molecular complexity index is 742. The summed E-state index contributed by atoms with van der Waals surface area (Å²) in [5, 5.41) is 0. The van der Waals surface area contributed by atoms with Crippen molar-refractivity contribution in [3.8, 4) is 22.3 Å². The molecule has 3 rings (SSSR count). The second-order valence-electron chi connectivity index (χ2n) is 4.33. The molecule has 3 nitrogen and oxygen atoms in total. The fourth-order valence-electron chi connectivity index (χ4n) is 2.20. The van der Waals surface area contributed by atoms with E-state index in [1.165, 1.54) is 6.07 Å². The smallest absolute Gasteiger partial charge is 0.131 e. The molecule has 1 aromatic carbocycles. The summed E-state index contributed by atoms with van der Waals surface area (Å²) in [6.07, 6.45) is 5.00. The summed E-state index contributed by atoms with van der Waals surface area (Å²) in [5.41, 5.74) is 8.78. The second kappa shape index (κ2) is 5.09. The molecule has 0 spiro atoms. The lowest BCUT2D eigenvalue weighted by Gasteiger charge is -2.12. The predicted molar refractivity (Wildman–Crippen MR) is 77.3 cm³/mol. The van der Waals surface area contributed by atoms with E-state index in [1.807, 2.05) is 18.2 Å². The van der Waals surface area contributed by atoms with Gasteiger partial charge in [-0.05, 0) is 35.4 Å². The molecular formula is C16H12FN3. The molecule has 0 aliphatic heterocycles. The van der Waals surface area contributed by atoms with Crippen molar-refractivity contribution < 1.29 is 4.39 Å². The molecule has 0 amide bonds. The average molecular weight is 265 g/mol. The number of hydrogen-bond acceptors (Lipinski definition) is 3. The molecule has 0 aliphatic carbocycles. The number of aromatic nitrogens is 2. The van der Waals surface area contributed by atoms with Crippen LogP contribution in [0.15, 0.2) is 61.1 Å². The first-order chi connectivity index (χ1) is 9.77. The third-order valence-corrected chi connectivity index (χ3v) is 3.11. The van der Waals surface area contributed by atoms with E-state index in [4.69, 9.17) is 5.73 Å². The lowest BCUT2D eigenvalue weighted by Crippen LogP contribution is -1.98. The summed E-state index contributed by atoms with van der Waals surface area (Å²) >= 11 is 0. The Hall–Kier alpha value is -2.75. The van der Waals surface area contributed by atoms with Crippen LogP contribution >= 0.6 is 0 Å². The molecule has 20 heavy (non-hydrogen) atoms. The monoisotopic (exact) mass is 265 g/mol. The molecule has 0 saturated heterocycles. The Morgan fingerprint density at radius 1 is 0.850 bits per heavy atom. The minimum Gasteiger partial charge on any atom is -0.383 e. The van der Waals surface area contributed by atoms with E-state index in [2.05, 4.69) is 9.97 Å². The van der Waals surface area contributed by atoms with Crippen LogP contribution in [0.5, 0.6) is 0 Å². The molecule has 3 aromatic rings. The van der Waals surface area contributed by atoms with Crippen molar-refractivity contribution in [3.05, 3.63) is 66.9 Å². The van der Waals surface area contributed by atoms with E-state index in [0.29, 0.717) is 16.9 Å². The number of hydrogen-bond donors (Lipinski definition) is 1. The first-order valence-corrected chi connectivity index (χ1v) is 6.17. The number of nitrogens with zero attached hydrogens (tertiary/aromatic N) is 2. The lowest BCUT2D eigenvalue weighted by molar-refractivity contribution is 0.631. The molecule has 0 aliphatic rings. The van der Waals surface area contributed by atoms with Gasteiger partial charge < -0.3 is 5.73 Å². The van der Waals surface area contributed by atoms with Crippen molar-refractivity contribution in [2.45, 2.75) is 0 Å². The van der Waals surface area contributed by atoms with Gasteiger partial charge in [0.25, 0.3) is 0 Å². The Labute approximate surface area is 115 Å². The SMILES string of the molecule is Nc1nccc(-c2ccncc2)c1-c1ccccc1F. The van der Waals surface area contributed by atoms with E-state index in [-0.39, 0.29) is 5.82 Å². The predicted octanol–water partition coefficient (Wildman–Crippen LogP) is 3.53. The van der Waals surface area contributed by atoms with Crippen molar-refractivity contribution in [2.24, 2.45) is 0 Å². The van der Waals surface area contributed by atoms with Gasteiger partial charge in [0.1, 0.15) is 11.6 Å². The number of nitrogen functional groups attached to an aromatic ring is 1. The quantitative estimate of drug-likeness (QED) is 0.771. The molecule has 4 heteroatoms. The summed E-state index contributed by atoms with van der Waals surface area (Å²) in [7, 11) is 0. The standard InChI is InChI=1S/C16H12FN3/c17-14-4-2-1-3-13(14)15-12(7-10-20-16(15)18)11-5-8-19-9-6-11/h1-10H,(H2,18,20). The van der Waals surface area contributed by atoms with E-state index in [1.54, 1.807) is 36.8 Å². The molecule has 0 fully saturated rings. The van der Waals surface area contributed by atoms with Crippen molar-refractivity contribution in [2.75, 3.05) is 5.73 Å². The lowest BCUT2D eigenvalue weighted by atomic mass is 9.96. The highest BCUT2D eigenvalue weighted by Crippen LogP contribution is 2.36. The zero-order valence-corrected chi connectivity index (χ0v) is 10.6. The van der Waals surface area contributed by atoms with Gasteiger partial charge in [-0.25, -0.2) is 9.37 Å². The average Bonchev–Trinajstić information content (AvgIpc) is 2.49. The highest BCUT2D eigenvalue weighted by Gasteiger charge is 2.14. The number of halogens is 1. The zero-order chi connectivity index (χ0) is 13.9. The Morgan fingerprint density at radius 3 is 2.35 bits per heavy atom. The molecule has 2 heterocycles. The van der Waals surface area contributed by atoms with Gasteiger partial charge in [-0.3, -0.25) is 4.98 Å². The maximum atomic E-state index is 14.1. The molecule has 0 atom stereocenters. The van der Waals surface area contributed by atoms with Gasteiger partial charge in [0.15, 0.2) is 0 Å².